The number of aliphatic hydroxyl groups is 1. The van der Waals surface area contributed by atoms with Gasteiger partial charge in [-0.1, -0.05) is 0 Å². The Balaban J connectivity index is 2.80. The van der Waals surface area contributed by atoms with Crippen LogP contribution in [0, 0.1) is 0 Å². The van der Waals surface area contributed by atoms with E-state index in [9.17, 15) is 13.5 Å². The highest BCUT2D eigenvalue weighted by Crippen LogP contribution is 2.20. The lowest BCUT2D eigenvalue weighted by atomic mass is 10.1. The second-order valence-corrected chi connectivity index (χ2v) is 7.43. The number of rotatable bonds is 8. The maximum Gasteiger partial charge on any atom is 0.242 e. The SMILES string of the molecule is COCCOc1ccc(S(=O)(=O)N(C)CC(C)(C)O)cc1. The van der Waals surface area contributed by atoms with Crippen LogP contribution in [0.2, 0.25) is 0 Å². The molecule has 0 aliphatic heterocycles. The van der Waals surface area contributed by atoms with Crippen LogP contribution in [0.5, 0.6) is 5.75 Å². The van der Waals surface area contributed by atoms with E-state index >= 15 is 0 Å². The molecule has 0 heterocycles. The summed E-state index contributed by atoms with van der Waals surface area (Å²) >= 11 is 0. The zero-order chi connectivity index (χ0) is 16.1. The summed E-state index contributed by atoms with van der Waals surface area (Å²) in [5, 5.41) is 9.72. The standard InChI is InChI=1S/C14H23NO5S/c1-14(2,16)11-15(3)21(17,18)13-7-5-12(6-8-13)20-10-9-19-4/h5-8,16H,9-11H2,1-4H3. The third kappa shape index (κ3) is 5.62. The molecule has 0 aliphatic carbocycles. The summed E-state index contributed by atoms with van der Waals surface area (Å²) in [7, 11) is -0.599. The molecule has 1 N–H and O–H groups in total. The molecule has 1 rings (SSSR count). The number of benzene rings is 1. The van der Waals surface area contributed by atoms with Crippen molar-refractivity contribution in [3.8, 4) is 5.75 Å². The zero-order valence-corrected chi connectivity index (χ0v) is 13.7. The molecular weight excluding hydrogens is 294 g/mol. The lowest BCUT2D eigenvalue weighted by Gasteiger charge is -2.25. The summed E-state index contributed by atoms with van der Waals surface area (Å²) in [6.07, 6.45) is 0. The summed E-state index contributed by atoms with van der Waals surface area (Å²) in [6.45, 7) is 4.01. The van der Waals surface area contributed by atoms with Crippen molar-refractivity contribution in [2.45, 2.75) is 24.3 Å². The van der Waals surface area contributed by atoms with Crippen LogP contribution in [0.25, 0.3) is 0 Å². The van der Waals surface area contributed by atoms with Gasteiger partial charge in [0.25, 0.3) is 0 Å². The molecule has 0 unspecified atom stereocenters. The molecule has 0 aromatic heterocycles. The number of hydrogen-bond donors (Lipinski definition) is 1. The molecule has 0 spiro atoms. The third-order valence-corrected chi connectivity index (χ3v) is 4.52. The quantitative estimate of drug-likeness (QED) is 0.727. The number of likely N-dealkylation sites (N-methyl/N-ethyl adjacent to an activating group) is 1. The number of hydrogen-bond acceptors (Lipinski definition) is 5. The minimum absolute atomic E-state index is 0.0153. The van der Waals surface area contributed by atoms with Crippen molar-refractivity contribution < 1.29 is 23.0 Å². The van der Waals surface area contributed by atoms with Gasteiger partial charge in [-0.25, -0.2) is 8.42 Å². The monoisotopic (exact) mass is 317 g/mol. The van der Waals surface area contributed by atoms with Crippen molar-refractivity contribution in [2.24, 2.45) is 0 Å². The van der Waals surface area contributed by atoms with Crippen molar-refractivity contribution in [1.82, 2.24) is 4.31 Å². The average molecular weight is 317 g/mol. The molecule has 1 aromatic rings. The highest BCUT2D eigenvalue weighted by Gasteiger charge is 2.26. The number of ether oxygens (including phenoxy) is 2. The largest absolute Gasteiger partial charge is 0.491 e. The molecule has 21 heavy (non-hydrogen) atoms. The van der Waals surface area contributed by atoms with Crippen LogP contribution in [0.15, 0.2) is 29.2 Å². The maximum absolute atomic E-state index is 12.3. The molecule has 0 bridgehead atoms. The molecule has 0 atom stereocenters. The molecule has 0 fully saturated rings. The lowest BCUT2D eigenvalue weighted by Crippen LogP contribution is -2.39. The van der Waals surface area contributed by atoms with Gasteiger partial charge in [0.15, 0.2) is 0 Å². The van der Waals surface area contributed by atoms with Gasteiger partial charge in [-0.05, 0) is 38.1 Å². The number of methoxy groups -OCH3 is 1. The molecule has 0 aliphatic rings. The first kappa shape index (κ1) is 17.9. The van der Waals surface area contributed by atoms with E-state index in [0.29, 0.717) is 19.0 Å². The molecule has 0 radical (unpaired) electrons. The van der Waals surface area contributed by atoms with E-state index in [4.69, 9.17) is 9.47 Å². The molecule has 0 saturated heterocycles. The highest BCUT2D eigenvalue weighted by molar-refractivity contribution is 7.89. The van der Waals surface area contributed by atoms with E-state index in [1.54, 1.807) is 33.1 Å². The summed E-state index contributed by atoms with van der Waals surface area (Å²) < 4.78 is 36.1. The molecule has 120 valence electrons. The topological polar surface area (TPSA) is 76.1 Å². The van der Waals surface area contributed by atoms with E-state index in [1.807, 2.05) is 0 Å². The normalized spacial score (nSPS) is 12.7. The van der Waals surface area contributed by atoms with Gasteiger partial charge in [0.1, 0.15) is 12.4 Å². The van der Waals surface area contributed by atoms with E-state index in [2.05, 4.69) is 0 Å². The van der Waals surface area contributed by atoms with Gasteiger partial charge < -0.3 is 14.6 Å². The van der Waals surface area contributed by atoms with Gasteiger partial charge in [0.05, 0.1) is 17.1 Å². The minimum Gasteiger partial charge on any atom is -0.491 e. The first-order chi connectivity index (χ1) is 9.66. The molecule has 0 saturated carbocycles. The fraction of sp³-hybridized carbons (Fsp3) is 0.571. The van der Waals surface area contributed by atoms with Crippen LogP contribution < -0.4 is 4.74 Å². The van der Waals surface area contributed by atoms with Gasteiger partial charge in [-0.15, -0.1) is 0 Å². The Morgan fingerprint density at radius 1 is 1.19 bits per heavy atom. The lowest BCUT2D eigenvalue weighted by molar-refractivity contribution is 0.0640. The van der Waals surface area contributed by atoms with Gasteiger partial charge in [-0.3, -0.25) is 0 Å². The Bertz CT molecular complexity index is 533. The predicted octanol–water partition coefficient (Wildman–Crippen LogP) is 1.10. The van der Waals surface area contributed by atoms with Gasteiger partial charge in [-0.2, -0.15) is 4.31 Å². The first-order valence-electron chi connectivity index (χ1n) is 6.57. The van der Waals surface area contributed by atoms with Crippen molar-refractivity contribution in [1.29, 1.82) is 0 Å². The Kier molecular flexibility index (Phi) is 6.15. The molecule has 6 nitrogen and oxygen atoms in total. The summed E-state index contributed by atoms with van der Waals surface area (Å²) in [5.74, 6) is 0.580. The van der Waals surface area contributed by atoms with Crippen molar-refractivity contribution in [2.75, 3.05) is 33.9 Å². The van der Waals surface area contributed by atoms with E-state index in [1.165, 1.54) is 19.2 Å². The van der Waals surface area contributed by atoms with Crippen LogP contribution in [-0.2, 0) is 14.8 Å². The molecule has 7 heteroatoms. The van der Waals surface area contributed by atoms with Crippen molar-refractivity contribution in [3.05, 3.63) is 24.3 Å². The third-order valence-electron chi connectivity index (χ3n) is 2.70. The van der Waals surface area contributed by atoms with Crippen LogP contribution in [0.1, 0.15) is 13.8 Å². The van der Waals surface area contributed by atoms with Crippen LogP contribution in [0.3, 0.4) is 0 Å². The highest BCUT2D eigenvalue weighted by atomic mass is 32.2. The molecule has 1 aromatic carbocycles. The fourth-order valence-electron chi connectivity index (χ4n) is 1.76. The van der Waals surface area contributed by atoms with Crippen LogP contribution in [-0.4, -0.2) is 57.3 Å². The second kappa shape index (κ2) is 7.22. The summed E-state index contributed by atoms with van der Waals surface area (Å²) in [5.41, 5.74) is -1.09. The van der Waals surface area contributed by atoms with Gasteiger partial charge >= 0.3 is 0 Å². The Labute approximate surface area is 126 Å². The maximum atomic E-state index is 12.3. The summed E-state index contributed by atoms with van der Waals surface area (Å²) in [6, 6.07) is 6.16. The van der Waals surface area contributed by atoms with E-state index in [-0.39, 0.29) is 11.4 Å². The van der Waals surface area contributed by atoms with Crippen LogP contribution in [0.4, 0.5) is 0 Å². The smallest absolute Gasteiger partial charge is 0.242 e. The average Bonchev–Trinajstić information content (AvgIpc) is 2.37. The Morgan fingerprint density at radius 2 is 1.76 bits per heavy atom. The fourth-order valence-corrected chi connectivity index (χ4v) is 3.09. The van der Waals surface area contributed by atoms with Gasteiger partial charge in [0, 0.05) is 20.7 Å². The first-order valence-corrected chi connectivity index (χ1v) is 8.01. The summed E-state index contributed by atoms with van der Waals surface area (Å²) in [4.78, 5) is 0.161. The van der Waals surface area contributed by atoms with E-state index < -0.39 is 15.6 Å². The number of sulfonamides is 1. The zero-order valence-electron chi connectivity index (χ0n) is 12.9. The van der Waals surface area contributed by atoms with Crippen molar-refractivity contribution >= 4 is 10.0 Å². The van der Waals surface area contributed by atoms with Crippen LogP contribution >= 0.6 is 0 Å². The second-order valence-electron chi connectivity index (χ2n) is 5.39. The Hall–Kier alpha value is -1.15. The number of nitrogens with zero attached hydrogens (tertiary/aromatic N) is 1. The molecular formula is C14H23NO5S. The van der Waals surface area contributed by atoms with E-state index in [0.717, 1.165) is 4.31 Å². The van der Waals surface area contributed by atoms with Crippen molar-refractivity contribution in [3.63, 3.8) is 0 Å². The molecule has 0 amide bonds. The minimum atomic E-state index is -3.62. The Morgan fingerprint density at radius 3 is 2.24 bits per heavy atom. The predicted molar refractivity (Wildman–Crippen MR) is 79.9 cm³/mol. The van der Waals surface area contributed by atoms with Gasteiger partial charge in [0.2, 0.25) is 10.0 Å².